The lowest BCUT2D eigenvalue weighted by molar-refractivity contribution is -0.122. The predicted molar refractivity (Wildman–Crippen MR) is 145 cm³/mol. The van der Waals surface area contributed by atoms with Gasteiger partial charge in [0, 0.05) is 24.6 Å². The molecule has 0 saturated carbocycles. The molecule has 0 aliphatic carbocycles. The zero-order valence-electron chi connectivity index (χ0n) is 21.2. The van der Waals surface area contributed by atoms with Crippen molar-refractivity contribution >= 4 is 46.2 Å². The minimum absolute atomic E-state index is 0.0804. The Hall–Kier alpha value is -3.66. The van der Waals surface area contributed by atoms with Crippen molar-refractivity contribution in [2.45, 2.75) is 51.7 Å². The number of para-hydroxylation sites is 1. The Bertz CT molecular complexity index is 1230. The van der Waals surface area contributed by atoms with Gasteiger partial charge in [0.25, 0.3) is 5.91 Å². The minimum Gasteiger partial charge on any atom is -0.497 e. The molecule has 0 bridgehead atoms. The van der Waals surface area contributed by atoms with Gasteiger partial charge in [-0.2, -0.15) is 4.99 Å². The normalized spacial score (nSPS) is 16.8. The number of methoxy groups -OCH3 is 1. The molecule has 2 aromatic carbocycles. The van der Waals surface area contributed by atoms with E-state index in [1.165, 1.54) is 11.8 Å². The number of nitrogens with zero attached hydrogens (tertiary/aromatic N) is 3. The molecule has 37 heavy (non-hydrogen) atoms. The van der Waals surface area contributed by atoms with Gasteiger partial charge in [-0.3, -0.25) is 19.3 Å². The summed E-state index contributed by atoms with van der Waals surface area (Å²) in [6.07, 6.45) is 1.27. The molecule has 0 radical (unpaired) electrons. The molecule has 9 nitrogen and oxygen atoms in total. The second-order valence-corrected chi connectivity index (χ2v) is 9.84. The third-order valence-corrected chi connectivity index (χ3v) is 7.21. The number of nitrogens with one attached hydrogen (secondary N) is 2. The molecule has 4 rings (SSSR count). The van der Waals surface area contributed by atoms with Gasteiger partial charge < -0.3 is 15.4 Å². The summed E-state index contributed by atoms with van der Waals surface area (Å²) in [5.41, 5.74) is 2.41. The molecular weight excluding hydrogens is 490 g/mol. The number of rotatable bonds is 10. The highest BCUT2D eigenvalue weighted by molar-refractivity contribution is 8.14. The second kappa shape index (κ2) is 12.1. The van der Waals surface area contributed by atoms with Crippen LogP contribution < -0.4 is 15.4 Å². The second-order valence-electron chi connectivity index (χ2n) is 8.90. The van der Waals surface area contributed by atoms with Crippen LogP contribution in [0.25, 0.3) is 0 Å². The summed E-state index contributed by atoms with van der Waals surface area (Å²) in [5, 5.41) is 6.39. The number of benzene rings is 2. The summed E-state index contributed by atoms with van der Waals surface area (Å²) in [6.45, 7) is 4.35. The van der Waals surface area contributed by atoms with Crippen molar-refractivity contribution < 1.29 is 19.1 Å². The zero-order chi connectivity index (χ0) is 26.4. The van der Waals surface area contributed by atoms with E-state index in [4.69, 9.17) is 9.73 Å². The largest absolute Gasteiger partial charge is 0.497 e. The fraction of sp³-hybridized carbons (Fsp3) is 0.370. The summed E-state index contributed by atoms with van der Waals surface area (Å²) < 4.78 is 5.16. The lowest BCUT2D eigenvalue weighted by Crippen LogP contribution is -2.44. The molecule has 2 unspecified atom stereocenters. The van der Waals surface area contributed by atoms with Crippen molar-refractivity contribution in [1.82, 2.24) is 15.5 Å². The van der Waals surface area contributed by atoms with Crippen LogP contribution in [-0.2, 0) is 20.9 Å². The number of amides is 3. The van der Waals surface area contributed by atoms with Crippen molar-refractivity contribution in [2.75, 3.05) is 12.9 Å². The van der Waals surface area contributed by atoms with E-state index >= 15 is 0 Å². The van der Waals surface area contributed by atoms with Crippen molar-refractivity contribution in [2.24, 2.45) is 9.98 Å². The van der Waals surface area contributed by atoms with E-state index < -0.39 is 6.04 Å². The monoisotopic (exact) mass is 521 g/mol. The lowest BCUT2D eigenvalue weighted by Gasteiger charge is -2.31. The first-order chi connectivity index (χ1) is 17.9. The summed E-state index contributed by atoms with van der Waals surface area (Å²) in [7, 11) is 1.60. The van der Waals surface area contributed by atoms with Crippen molar-refractivity contribution in [3.63, 3.8) is 0 Å². The van der Waals surface area contributed by atoms with Crippen LogP contribution in [0.15, 0.2) is 58.5 Å². The van der Waals surface area contributed by atoms with E-state index in [1.54, 1.807) is 12.0 Å². The first kappa shape index (κ1) is 26.4. The van der Waals surface area contributed by atoms with E-state index in [1.807, 2.05) is 62.4 Å². The Morgan fingerprint density at radius 2 is 1.86 bits per heavy atom. The third kappa shape index (κ3) is 6.37. The third-order valence-electron chi connectivity index (χ3n) is 6.25. The van der Waals surface area contributed by atoms with Crippen LogP contribution in [0.3, 0.4) is 0 Å². The smallest absolute Gasteiger partial charge is 0.270 e. The Labute approximate surface area is 220 Å². The predicted octanol–water partition coefficient (Wildman–Crippen LogP) is 3.40. The molecular formula is C27H31N5O4S. The van der Waals surface area contributed by atoms with Crippen LogP contribution >= 0.6 is 11.8 Å². The highest BCUT2D eigenvalue weighted by Crippen LogP contribution is 2.35. The number of fused-ring (bicyclic) bond motifs is 3. The maximum atomic E-state index is 13.0. The van der Waals surface area contributed by atoms with E-state index in [0.717, 1.165) is 23.3 Å². The molecule has 194 valence electrons. The number of aliphatic imine (C=N–C) groups is 2. The van der Waals surface area contributed by atoms with Crippen molar-refractivity contribution in [1.29, 1.82) is 0 Å². The summed E-state index contributed by atoms with van der Waals surface area (Å²) in [6, 6.07) is 14.4. The van der Waals surface area contributed by atoms with Crippen LogP contribution in [0.4, 0.5) is 5.69 Å². The van der Waals surface area contributed by atoms with Gasteiger partial charge in [-0.25, -0.2) is 4.99 Å². The number of carbonyl (C=O) groups is 3. The van der Waals surface area contributed by atoms with Gasteiger partial charge in [-0.1, -0.05) is 43.0 Å². The first-order valence-electron chi connectivity index (χ1n) is 12.3. The van der Waals surface area contributed by atoms with Crippen LogP contribution in [0.1, 0.15) is 44.2 Å². The highest BCUT2D eigenvalue weighted by Gasteiger charge is 2.41. The fourth-order valence-electron chi connectivity index (χ4n) is 4.03. The number of carbonyl (C=O) groups excluding carboxylic acids is 3. The molecule has 2 aromatic rings. The van der Waals surface area contributed by atoms with Gasteiger partial charge in [-0.05, 0) is 49.6 Å². The van der Waals surface area contributed by atoms with Crippen LogP contribution in [0.5, 0.6) is 5.75 Å². The maximum absolute atomic E-state index is 13.0. The van der Waals surface area contributed by atoms with E-state index in [9.17, 15) is 14.4 Å². The van der Waals surface area contributed by atoms with Crippen LogP contribution in [0.2, 0.25) is 0 Å². The molecule has 0 saturated heterocycles. The molecule has 2 aliphatic heterocycles. The molecule has 0 aromatic heterocycles. The van der Waals surface area contributed by atoms with Gasteiger partial charge in [-0.15, -0.1) is 0 Å². The number of amidine groups is 2. The minimum atomic E-state index is -0.654. The van der Waals surface area contributed by atoms with Gasteiger partial charge >= 0.3 is 0 Å². The quantitative estimate of drug-likeness (QED) is 0.496. The SMILES string of the molecule is CCC(C)NC(=O)CSC1=Nc2ccccc2C2=NC(=O)C(CCC(=O)NCc3ccc(OC)cc3)N12. The van der Waals surface area contributed by atoms with Crippen molar-refractivity contribution in [3.05, 3.63) is 59.7 Å². The molecule has 0 spiro atoms. The topological polar surface area (TPSA) is 112 Å². The van der Waals surface area contributed by atoms with Crippen LogP contribution in [-0.4, -0.2) is 58.6 Å². The average molecular weight is 522 g/mol. The number of hydrogen-bond donors (Lipinski definition) is 2. The maximum Gasteiger partial charge on any atom is 0.270 e. The van der Waals surface area contributed by atoms with Gasteiger partial charge in [0.05, 0.1) is 18.6 Å². The number of ether oxygens (including phenoxy) is 1. The van der Waals surface area contributed by atoms with E-state index in [-0.39, 0.29) is 42.4 Å². The zero-order valence-corrected chi connectivity index (χ0v) is 22.0. The highest BCUT2D eigenvalue weighted by atomic mass is 32.2. The summed E-state index contributed by atoms with van der Waals surface area (Å²) >= 11 is 1.27. The summed E-state index contributed by atoms with van der Waals surface area (Å²) in [5.74, 6) is 0.865. The molecule has 3 amide bonds. The molecule has 2 N–H and O–H groups in total. The van der Waals surface area contributed by atoms with Gasteiger partial charge in [0.2, 0.25) is 11.8 Å². The first-order valence-corrected chi connectivity index (χ1v) is 13.3. The molecule has 10 heteroatoms. The van der Waals surface area contributed by atoms with Crippen LogP contribution in [0, 0.1) is 0 Å². The Balaban J connectivity index is 1.42. The summed E-state index contributed by atoms with van der Waals surface area (Å²) in [4.78, 5) is 48.8. The Kier molecular flexibility index (Phi) is 8.60. The van der Waals surface area contributed by atoms with Gasteiger partial charge in [0.15, 0.2) is 5.17 Å². The standard InChI is InChI=1S/C27H31N5O4S/c1-4-17(2)29-24(34)16-37-27-30-21-8-6-5-7-20(21)25-31-26(35)22(32(25)27)13-14-23(33)28-15-18-9-11-19(36-3)12-10-18/h5-12,17,22H,4,13-16H2,1-3H3,(H,28,33)(H,29,34). The van der Waals surface area contributed by atoms with Gasteiger partial charge in [0.1, 0.15) is 17.6 Å². The number of hydrogen-bond acceptors (Lipinski definition) is 7. The number of thioether (sulfide) groups is 1. The molecule has 2 heterocycles. The Morgan fingerprint density at radius 3 is 2.59 bits per heavy atom. The molecule has 0 fully saturated rings. The van der Waals surface area contributed by atoms with Crippen molar-refractivity contribution in [3.8, 4) is 5.75 Å². The lowest BCUT2D eigenvalue weighted by atomic mass is 10.1. The fourth-order valence-corrected chi connectivity index (χ4v) is 4.88. The average Bonchev–Trinajstić information content (AvgIpc) is 3.25. The molecule has 2 atom stereocenters. The molecule has 2 aliphatic rings. The Morgan fingerprint density at radius 1 is 1.11 bits per heavy atom. The van der Waals surface area contributed by atoms with E-state index in [0.29, 0.717) is 23.2 Å². The van der Waals surface area contributed by atoms with E-state index in [2.05, 4.69) is 15.6 Å².